The van der Waals surface area contributed by atoms with Crippen molar-refractivity contribution in [2.75, 3.05) is 0 Å². The van der Waals surface area contributed by atoms with Gasteiger partial charge in [0, 0.05) is 0 Å². The highest BCUT2D eigenvalue weighted by molar-refractivity contribution is 5.32. The van der Waals surface area contributed by atoms with Crippen molar-refractivity contribution in [3.63, 3.8) is 0 Å². The minimum atomic E-state index is 0.0798. The molecule has 0 radical (unpaired) electrons. The maximum absolute atomic E-state index is 9.98. The summed E-state index contributed by atoms with van der Waals surface area (Å²) in [6.07, 6.45) is 6.98. The average Bonchev–Trinajstić information content (AvgIpc) is 2.80. The number of phenolic OH excluding ortho intramolecular Hbond substituents is 1. The third-order valence-electron chi connectivity index (χ3n) is 7.46. The number of benzene rings is 3. The van der Waals surface area contributed by atoms with Gasteiger partial charge in [-0.3, -0.25) is 0 Å². The molecular formula is C31H40O. The molecule has 0 atom stereocenters. The zero-order valence-corrected chi connectivity index (χ0v) is 20.4. The number of unbranched alkanes of at least 4 members (excludes halogenated alkanes) is 3. The highest BCUT2D eigenvalue weighted by Gasteiger charge is 2.41. The van der Waals surface area contributed by atoms with Crippen molar-refractivity contribution in [2.45, 2.75) is 77.0 Å². The molecule has 0 bridgehead atoms. The molecule has 32 heavy (non-hydrogen) atoms. The van der Waals surface area contributed by atoms with Crippen LogP contribution in [0.15, 0.2) is 84.9 Å². The Bertz CT molecular complexity index is 889. The second-order valence-corrected chi connectivity index (χ2v) is 10.3. The Morgan fingerprint density at radius 3 is 1.59 bits per heavy atom. The van der Waals surface area contributed by atoms with E-state index >= 15 is 0 Å². The molecule has 1 N–H and O–H groups in total. The van der Waals surface area contributed by atoms with Gasteiger partial charge in [-0.05, 0) is 58.8 Å². The van der Waals surface area contributed by atoms with Gasteiger partial charge in [0.1, 0.15) is 5.75 Å². The molecule has 3 aromatic rings. The molecule has 0 fully saturated rings. The first-order chi connectivity index (χ1) is 15.3. The molecule has 0 aliphatic rings. The Labute approximate surface area is 195 Å². The standard InChI is InChI=1S/C31H40O/c1-30(2,26-19-10-7-11-20-26)29(31(3,4)27-21-12-8-13-22-27)24-14-6-5-9-17-25-18-15-16-23-28(25)32/h7-8,10-13,15-16,18-23,29,32H,5-6,9,14,17,24H2,1-4H3. The fourth-order valence-corrected chi connectivity index (χ4v) is 5.50. The minimum absolute atomic E-state index is 0.0798. The van der Waals surface area contributed by atoms with Crippen LogP contribution in [0.2, 0.25) is 0 Å². The first-order valence-corrected chi connectivity index (χ1v) is 12.2. The number of phenols is 1. The molecule has 0 heterocycles. The van der Waals surface area contributed by atoms with E-state index < -0.39 is 0 Å². The van der Waals surface area contributed by atoms with Gasteiger partial charge in [-0.25, -0.2) is 0 Å². The topological polar surface area (TPSA) is 20.2 Å². The van der Waals surface area contributed by atoms with Crippen LogP contribution in [-0.4, -0.2) is 5.11 Å². The number of para-hydroxylation sites is 1. The quantitative estimate of drug-likeness (QED) is 0.304. The van der Waals surface area contributed by atoms with Crippen LogP contribution in [-0.2, 0) is 17.3 Å². The summed E-state index contributed by atoms with van der Waals surface area (Å²) in [6.45, 7) is 9.71. The van der Waals surface area contributed by atoms with Crippen LogP contribution in [0, 0.1) is 5.92 Å². The number of aryl methyl sites for hydroxylation is 1. The zero-order chi connectivity index (χ0) is 23.0. The Balaban J connectivity index is 1.67. The van der Waals surface area contributed by atoms with Gasteiger partial charge < -0.3 is 5.11 Å². The molecule has 3 rings (SSSR count). The summed E-state index contributed by atoms with van der Waals surface area (Å²) in [5.74, 6) is 0.958. The van der Waals surface area contributed by atoms with Gasteiger partial charge >= 0.3 is 0 Å². The molecule has 0 unspecified atom stereocenters. The lowest BCUT2D eigenvalue weighted by Crippen LogP contribution is -2.42. The maximum Gasteiger partial charge on any atom is 0.118 e. The number of hydrogen-bond donors (Lipinski definition) is 1. The molecule has 0 amide bonds. The molecule has 0 spiro atoms. The molecule has 0 aliphatic heterocycles. The lowest BCUT2D eigenvalue weighted by molar-refractivity contribution is 0.181. The van der Waals surface area contributed by atoms with Crippen LogP contribution in [0.3, 0.4) is 0 Å². The highest BCUT2D eigenvalue weighted by Crippen LogP contribution is 2.47. The second kappa shape index (κ2) is 10.9. The molecule has 1 nitrogen and oxygen atoms in total. The minimum Gasteiger partial charge on any atom is -0.508 e. The zero-order valence-electron chi connectivity index (χ0n) is 20.4. The highest BCUT2D eigenvalue weighted by atomic mass is 16.3. The summed E-state index contributed by atoms with van der Waals surface area (Å²) in [7, 11) is 0. The third-order valence-corrected chi connectivity index (χ3v) is 7.46. The lowest BCUT2D eigenvalue weighted by Gasteiger charge is -2.46. The van der Waals surface area contributed by atoms with E-state index in [1.54, 1.807) is 6.07 Å². The number of aromatic hydroxyl groups is 1. The van der Waals surface area contributed by atoms with Gasteiger partial charge in [-0.2, -0.15) is 0 Å². The Kier molecular flexibility index (Phi) is 8.18. The van der Waals surface area contributed by atoms with Crippen molar-refractivity contribution in [1.29, 1.82) is 0 Å². The van der Waals surface area contributed by atoms with Crippen LogP contribution in [0.4, 0.5) is 0 Å². The van der Waals surface area contributed by atoms with E-state index in [9.17, 15) is 5.11 Å². The average molecular weight is 429 g/mol. The number of hydrogen-bond acceptors (Lipinski definition) is 1. The normalized spacial score (nSPS) is 12.3. The lowest BCUT2D eigenvalue weighted by atomic mass is 9.58. The summed E-state index contributed by atoms with van der Waals surface area (Å²) in [4.78, 5) is 0. The van der Waals surface area contributed by atoms with E-state index in [-0.39, 0.29) is 10.8 Å². The van der Waals surface area contributed by atoms with E-state index in [2.05, 4.69) is 88.4 Å². The molecule has 0 saturated heterocycles. The van der Waals surface area contributed by atoms with Crippen LogP contribution < -0.4 is 0 Å². The van der Waals surface area contributed by atoms with Crippen molar-refractivity contribution in [3.8, 4) is 5.75 Å². The fraction of sp³-hybridized carbons (Fsp3) is 0.419. The van der Waals surface area contributed by atoms with Gasteiger partial charge in [0.25, 0.3) is 0 Å². The van der Waals surface area contributed by atoms with Gasteiger partial charge in [-0.1, -0.05) is 126 Å². The molecular weight excluding hydrogens is 388 g/mol. The molecule has 0 saturated carbocycles. The number of rotatable bonds is 11. The van der Waals surface area contributed by atoms with E-state index in [4.69, 9.17) is 0 Å². The van der Waals surface area contributed by atoms with Gasteiger partial charge in [-0.15, -0.1) is 0 Å². The summed E-state index contributed by atoms with van der Waals surface area (Å²) in [5, 5.41) is 9.98. The van der Waals surface area contributed by atoms with Crippen molar-refractivity contribution in [2.24, 2.45) is 5.92 Å². The van der Waals surface area contributed by atoms with E-state index in [0.29, 0.717) is 11.7 Å². The van der Waals surface area contributed by atoms with Gasteiger partial charge in [0.2, 0.25) is 0 Å². The maximum atomic E-state index is 9.98. The van der Waals surface area contributed by atoms with Crippen LogP contribution in [0.5, 0.6) is 5.75 Å². The monoisotopic (exact) mass is 428 g/mol. The van der Waals surface area contributed by atoms with E-state index in [1.165, 1.54) is 36.8 Å². The first kappa shape index (κ1) is 24.1. The van der Waals surface area contributed by atoms with Crippen molar-refractivity contribution in [1.82, 2.24) is 0 Å². The van der Waals surface area contributed by atoms with Crippen LogP contribution in [0.25, 0.3) is 0 Å². The molecule has 0 aliphatic carbocycles. The SMILES string of the molecule is CC(C)(c1ccccc1)C(CCCCCCc1ccccc1O)C(C)(C)c1ccccc1. The summed E-state index contributed by atoms with van der Waals surface area (Å²) in [6, 6.07) is 29.8. The summed E-state index contributed by atoms with van der Waals surface area (Å²) >= 11 is 0. The molecule has 170 valence electrons. The van der Waals surface area contributed by atoms with E-state index in [0.717, 1.165) is 18.4 Å². The van der Waals surface area contributed by atoms with Crippen LogP contribution in [0.1, 0.15) is 76.5 Å². The van der Waals surface area contributed by atoms with Gasteiger partial charge in [0.15, 0.2) is 0 Å². The Hall–Kier alpha value is -2.54. The summed E-state index contributed by atoms with van der Waals surface area (Å²) in [5.41, 5.74) is 4.08. The fourth-order valence-electron chi connectivity index (χ4n) is 5.50. The van der Waals surface area contributed by atoms with Crippen LogP contribution >= 0.6 is 0 Å². The van der Waals surface area contributed by atoms with E-state index in [1.807, 2.05) is 18.2 Å². The smallest absolute Gasteiger partial charge is 0.118 e. The van der Waals surface area contributed by atoms with Crippen molar-refractivity contribution in [3.05, 3.63) is 102 Å². The predicted octanol–water partition coefficient (Wildman–Crippen LogP) is 8.46. The molecule has 3 aromatic carbocycles. The Morgan fingerprint density at radius 2 is 1.06 bits per heavy atom. The van der Waals surface area contributed by atoms with Gasteiger partial charge in [0.05, 0.1) is 0 Å². The third kappa shape index (κ3) is 5.82. The van der Waals surface area contributed by atoms with Crippen molar-refractivity contribution < 1.29 is 5.11 Å². The first-order valence-electron chi connectivity index (χ1n) is 12.2. The van der Waals surface area contributed by atoms with Crippen molar-refractivity contribution >= 4 is 0 Å². The second-order valence-electron chi connectivity index (χ2n) is 10.3. The largest absolute Gasteiger partial charge is 0.508 e. The summed E-state index contributed by atoms with van der Waals surface area (Å²) < 4.78 is 0. The molecule has 0 aromatic heterocycles. The predicted molar refractivity (Wildman–Crippen MR) is 137 cm³/mol. The Morgan fingerprint density at radius 1 is 0.594 bits per heavy atom. The molecule has 1 heteroatoms.